The zero-order chi connectivity index (χ0) is 37.9. The number of hydrogen-bond acceptors (Lipinski definition) is 15. The molecule has 15 nitrogen and oxygen atoms in total. The van der Waals surface area contributed by atoms with Crippen LogP contribution in [-0.4, -0.2) is 188 Å². The first-order valence-corrected chi connectivity index (χ1v) is 20.3. The van der Waals surface area contributed by atoms with Crippen LogP contribution in [0.1, 0.15) is 46.5 Å². The highest BCUT2D eigenvalue weighted by Crippen LogP contribution is 2.06. The standard InChI is InChI=1S/C36H71IO15/c1-36(2,3)52-35(38)34-51-33-32-50-31-30-49-29-28-48-27-26-47-25-24-46-23-22-45-21-20-44-19-18-43-17-16-42-15-14-41-13-12-40-11-10-39-9-7-5-4-6-8-37/h4-34H2,1-3H3. The van der Waals surface area contributed by atoms with Gasteiger partial charge in [0.2, 0.25) is 0 Å². The number of alkyl halides is 1. The molecule has 0 aromatic carbocycles. The molecule has 0 atom stereocenters. The molecule has 312 valence electrons. The monoisotopic (exact) mass is 870 g/mol. The van der Waals surface area contributed by atoms with Gasteiger partial charge in [0.05, 0.1) is 159 Å². The molecule has 0 fully saturated rings. The van der Waals surface area contributed by atoms with Crippen molar-refractivity contribution in [1.29, 1.82) is 0 Å². The van der Waals surface area contributed by atoms with E-state index in [0.29, 0.717) is 159 Å². The van der Waals surface area contributed by atoms with Crippen molar-refractivity contribution in [1.82, 2.24) is 0 Å². The van der Waals surface area contributed by atoms with Crippen molar-refractivity contribution in [3.05, 3.63) is 0 Å². The van der Waals surface area contributed by atoms with Gasteiger partial charge in [-0.3, -0.25) is 0 Å². The first-order valence-electron chi connectivity index (χ1n) is 18.7. The highest BCUT2D eigenvalue weighted by Gasteiger charge is 2.15. The number of carbonyl (C=O) groups excluding carboxylic acids is 1. The average Bonchev–Trinajstić information content (AvgIpc) is 3.11. The third-order valence-corrected chi connectivity index (χ3v) is 7.04. The average molecular weight is 871 g/mol. The van der Waals surface area contributed by atoms with Crippen LogP contribution in [0.2, 0.25) is 0 Å². The van der Waals surface area contributed by atoms with Gasteiger partial charge < -0.3 is 66.3 Å². The van der Waals surface area contributed by atoms with Gasteiger partial charge in [-0.05, 0) is 38.0 Å². The van der Waals surface area contributed by atoms with Crippen molar-refractivity contribution in [3.63, 3.8) is 0 Å². The van der Waals surface area contributed by atoms with Gasteiger partial charge in [0.1, 0.15) is 12.2 Å². The molecule has 0 N–H and O–H groups in total. The summed E-state index contributed by atoms with van der Waals surface area (Å²) in [5.41, 5.74) is -0.512. The summed E-state index contributed by atoms with van der Waals surface area (Å²) in [6, 6.07) is 0. The Morgan fingerprint density at radius 1 is 0.346 bits per heavy atom. The van der Waals surface area contributed by atoms with Crippen molar-refractivity contribution in [2.24, 2.45) is 0 Å². The Morgan fingerprint density at radius 3 is 0.827 bits per heavy atom. The zero-order valence-corrected chi connectivity index (χ0v) is 34.6. The first kappa shape index (κ1) is 51.7. The van der Waals surface area contributed by atoms with Gasteiger partial charge in [-0.15, -0.1) is 0 Å². The van der Waals surface area contributed by atoms with Crippen LogP contribution in [0, 0.1) is 0 Å². The fraction of sp³-hybridized carbons (Fsp3) is 0.972. The maximum Gasteiger partial charge on any atom is 0.332 e. The predicted molar refractivity (Wildman–Crippen MR) is 204 cm³/mol. The molecule has 52 heavy (non-hydrogen) atoms. The third kappa shape index (κ3) is 47.7. The summed E-state index contributed by atoms with van der Waals surface area (Å²) < 4.78 is 77.4. The van der Waals surface area contributed by atoms with Crippen LogP contribution >= 0.6 is 22.6 Å². The molecule has 0 bridgehead atoms. The van der Waals surface area contributed by atoms with E-state index in [1.165, 1.54) is 23.7 Å². The molecule has 16 heteroatoms. The minimum atomic E-state index is -0.512. The minimum Gasteiger partial charge on any atom is -0.458 e. The van der Waals surface area contributed by atoms with Crippen molar-refractivity contribution in [3.8, 4) is 0 Å². The Labute approximate surface area is 327 Å². The number of hydrogen-bond donors (Lipinski definition) is 0. The normalized spacial score (nSPS) is 11.8. The Bertz CT molecular complexity index is 703. The molecule has 0 aliphatic rings. The van der Waals surface area contributed by atoms with E-state index in [1.54, 1.807) is 0 Å². The summed E-state index contributed by atoms with van der Waals surface area (Å²) in [6.45, 7) is 18.1. The highest BCUT2D eigenvalue weighted by molar-refractivity contribution is 14.1. The fourth-order valence-electron chi connectivity index (χ4n) is 3.82. The van der Waals surface area contributed by atoms with Crippen LogP contribution in [0.5, 0.6) is 0 Å². The maximum atomic E-state index is 11.5. The smallest absolute Gasteiger partial charge is 0.332 e. The van der Waals surface area contributed by atoms with Crippen molar-refractivity contribution in [2.75, 3.05) is 176 Å². The van der Waals surface area contributed by atoms with E-state index in [0.717, 1.165) is 13.0 Å². The lowest BCUT2D eigenvalue weighted by atomic mass is 10.2. The summed E-state index contributed by atoms with van der Waals surface area (Å²) in [5, 5.41) is 0. The molecule has 0 unspecified atom stereocenters. The maximum absolute atomic E-state index is 11.5. The summed E-state index contributed by atoms with van der Waals surface area (Å²) in [5.74, 6) is -0.387. The topological polar surface area (TPSA) is 146 Å². The summed E-state index contributed by atoms with van der Waals surface area (Å²) in [6.07, 6.45) is 4.96. The van der Waals surface area contributed by atoms with Gasteiger partial charge in [-0.1, -0.05) is 35.4 Å². The molecule has 0 aliphatic heterocycles. The molecular weight excluding hydrogens is 799 g/mol. The van der Waals surface area contributed by atoms with Gasteiger partial charge in [-0.25, -0.2) is 4.79 Å². The number of unbranched alkanes of at least 4 members (excludes halogenated alkanes) is 3. The Kier molecular flexibility index (Phi) is 43.1. The van der Waals surface area contributed by atoms with E-state index >= 15 is 0 Å². The van der Waals surface area contributed by atoms with Crippen LogP contribution < -0.4 is 0 Å². The van der Waals surface area contributed by atoms with E-state index in [4.69, 9.17) is 66.3 Å². The van der Waals surface area contributed by atoms with Crippen LogP contribution in [0.3, 0.4) is 0 Å². The van der Waals surface area contributed by atoms with Crippen molar-refractivity contribution in [2.45, 2.75) is 52.1 Å². The SMILES string of the molecule is CC(C)(C)OC(=O)COCCOCCOCCOCCOCCOCCOCCOCCOCCOCCOCCOCCOCCCCCCI. The number of carbonyl (C=O) groups is 1. The Hall–Kier alpha value is -0.320. The summed E-state index contributed by atoms with van der Waals surface area (Å²) in [4.78, 5) is 11.5. The molecule has 0 saturated heterocycles. The predicted octanol–water partition coefficient (Wildman–Crippen LogP) is 3.54. The van der Waals surface area contributed by atoms with Gasteiger partial charge in [0.15, 0.2) is 0 Å². The molecule has 0 spiro atoms. The van der Waals surface area contributed by atoms with Gasteiger partial charge >= 0.3 is 5.97 Å². The second kappa shape index (κ2) is 43.4. The molecule has 0 aromatic heterocycles. The lowest BCUT2D eigenvalue weighted by Gasteiger charge is -2.19. The lowest BCUT2D eigenvalue weighted by molar-refractivity contribution is -0.160. The van der Waals surface area contributed by atoms with E-state index in [-0.39, 0.29) is 12.6 Å². The van der Waals surface area contributed by atoms with Crippen LogP contribution in [0.25, 0.3) is 0 Å². The van der Waals surface area contributed by atoms with Gasteiger partial charge in [-0.2, -0.15) is 0 Å². The fourth-order valence-corrected chi connectivity index (χ4v) is 4.36. The Balaban J connectivity index is 3.09. The molecule has 0 rings (SSSR count). The van der Waals surface area contributed by atoms with Crippen LogP contribution in [-0.2, 0) is 71.1 Å². The number of halogens is 1. The van der Waals surface area contributed by atoms with E-state index < -0.39 is 5.60 Å². The van der Waals surface area contributed by atoms with Crippen molar-refractivity contribution < 1.29 is 71.1 Å². The minimum absolute atomic E-state index is 0.0837. The quantitative estimate of drug-likeness (QED) is 0.0381. The first-order chi connectivity index (χ1) is 25.5. The number of esters is 1. The van der Waals surface area contributed by atoms with Gasteiger partial charge in [0, 0.05) is 6.61 Å². The number of ether oxygens (including phenoxy) is 14. The molecule has 0 aromatic rings. The lowest BCUT2D eigenvalue weighted by Crippen LogP contribution is -2.27. The molecular formula is C36H71IO15. The molecule has 0 aliphatic carbocycles. The second-order valence-electron chi connectivity index (χ2n) is 12.1. The van der Waals surface area contributed by atoms with Crippen LogP contribution in [0.15, 0.2) is 0 Å². The molecule has 0 radical (unpaired) electrons. The molecule has 0 heterocycles. The van der Waals surface area contributed by atoms with Crippen LogP contribution in [0.4, 0.5) is 0 Å². The molecule has 0 saturated carbocycles. The summed E-state index contributed by atoms with van der Waals surface area (Å²) in [7, 11) is 0. The van der Waals surface area contributed by atoms with E-state index in [9.17, 15) is 4.79 Å². The Morgan fingerprint density at radius 2 is 0.577 bits per heavy atom. The van der Waals surface area contributed by atoms with Crippen molar-refractivity contribution >= 4 is 28.6 Å². The molecule has 0 amide bonds. The van der Waals surface area contributed by atoms with E-state index in [1.807, 2.05) is 20.8 Å². The summed E-state index contributed by atoms with van der Waals surface area (Å²) >= 11 is 2.42. The van der Waals surface area contributed by atoms with E-state index in [2.05, 4.69) is 22.6 Å². The highest BCUT2D eigenvalue weighted by atomic mass is 127. The zero-order valence-electron chi connectivity index (χ0n) is 32.4. The number of rotatable bonds is 44. The largest absolute Gasteiger partial charge is 0.458 e. The van der Waals surface area contributed by atoms with Gasteiger partial charge in [0.25, 0.3) is 0 Å². The third-order valence-electron chi connectivity index (χ3n) is 6.28. The second-order valence-corrected chi connectivity index (χ2v) is 13.2.